The first-order valence-corrected chi connectivity index (χ1v) is 13.9. The zero-order chi connectivity index (χ0) is 26.3. The summed E-state index contributed by atoms with van der Waals surface area (Å²) >= 11 is 0. The van der Waals surface area contributed by atoms with Crippen LogP contribution in [-0.4, -0.2) is 46.3 Å². The van der Waals surface area contributed by atoms with Crippen molar-refractivity contribution in [2.45, 2.75) is 129 Å². The van der Waals surface area contributed by atoms with Gasteiger partial charge >= 0.3 is 0 Å². The number of hydrogen-bond acceptors (Lipinski definition) is 5. The lowest BCUT2D eigenvalue weighted by Gasteiger charge is -2.37. The van der Waals surface area contributed by atoms with Crippen molar-refractivity contribution in [3.05, 3.63) is 22.3 Å². The van der Waals surface area contributed by atoms with Gasteiger partial charge in [-0.25, -0.2) is 0 Å². The number of rotatable bonds is 5. The van der Waals surface area contributed by atoms with E-state index in [9.17, 15) is 19.8 Å². The van der Waals surface area contributed by atoms with Crippen LogP contribution >= 0.6 is 0 Å². The number of benzene rings is 1. The molecule has 3 rings (SSSR count). The monoisotopic (exact) mass is 502 g/mol. The van der Waals surface area contributed by atoms with Gasteiger partial charge in [-0.05, 0) is 63.6 Å². The van der Waals surface area contributed by atoms with Gasteiger partial charge in [0.1, 0.15) is 17.5 Å². The van der Waals surface area contributed by atoms with E-state index in [-0.39, 0.29) is 17.7 Å². The van der Waals surface area contributed by atoms with Crippen LogP contribution < -0.4 is 15.4 Å². The number of hydrogen-bond donors (Lipinski definition) is 4. The molecule has 1 aliphatic heterocycles. The van der Waals surface area contributed by atoms with Gasteiger partial charge in [-0.15, -0.1) is 0 Å². The number of phenolic OH excluding ortho intramolecular Hbond substituents is 1. The SMILES string of the molecule is Cc1c(C)c2c(c(C)c1O)CCC(C)(C(=O)N[C@@H](CO)C(=O)NC1CCCCCCCCCCC1)O2. The lowest BCUT2D eigenvalue weighted by atomic mass is 9.86. The molecule has 7 heteroatoms. The van der Waals surface area contributed by atoms with E-state index in [1.54, 1.807) is 6.92 Å². The van der Waals surface area contributed by atoms with Crippen LogP contribution in [-0.2, 0) is 16.0 Å². The Morgan fingerprint density at radius 1 is 0.944 bits per heavy atom. The molecule has 1 heterocycles. The van der Waals surface area contributed by atoms with Crippen molar-refractivity contribution in [2.24, 2.45) is 0 Å². The van der Waals surface area contributed by atoms with E-state index in [1.165, 1.54) is 44.9 Å². The van der Waals surface area contributed by atoms with E-state index in [1.807, 2.05) is 20.8 Å². The fourth-order valence-electron chi connectivity index (χ4n) is 5.52. The van der Waals surface area contributed by atoms with Crippen LogP contribution in [0.4, 0.5) is 0 Å². The summed E-state index contributed by atoms with van der Waals surface area (Å²) in [6, 6.07) is -0.956. The van der Waals surface area contributed by atoms with Gasteiger partial charge in [-0.1, -0.05) is 57.8 Å². The normalized spacial score (nSPS) is 22.8. The maximum Gasteiger partial charge on any atom is 0.264 e. The Morgan fingerprint density at radius 2 is 1.50 bits per heavy atom. The summed E-state index contributed by atoms with van der Waals surface area (Å²) in [5.74, 6) is 0.149. The first-order chi connectivity index (χ1) is 17.2. The average Bonchev–Trinajstić information content (AvgIpc) is 2.86. The van der Waals surface area contributed by atoms with E-state index < -0.39 is 24.2 Å². The summed E-state index contributed by atoms with van der Waals surface area (Å²) in [5, 5.41) is 26.2. The molecule has 36 heavy (non-hydrogen) atoms. The molecule has 0 radical (unpaired) electrons. The van der Waals surface area contributed by atoms with Gasteiger partial charge in [0.2, 0.25) is 5.91 Å². The predicted octanol–water partition coefficient (Wildman–Crippen LogP) is 4.67. The number of carbonyl (C=O) groups is 2. The molecule has 1 aliphatic carbocycles. The van der Waals surface area contributed by atoms with Crippen molar-refractivity contribution in [1.82, 2.24) is 10.6 Å². The van der Waals surface area contributed by atoms with Crippen LogP contribution in [0.3, 0.4) is 0 Å². The number of phenols is 1. The Bertz CT molecular complexity index is 919. The van der Waals surface area contributed by atoms with E-state index >= 15 is 0 Å². The Hall–Kier alpha value is -2.28. The number of ether oxygens (including phenoxy) is 1. The van der Waals surface area contributed by atoms with Gasteiger partial charge < -0.3 is 25.6 Å². The molecule has 0 spiro atoms. The minimum Gasteiger partial charge on any atom is -0.507 e. The molecule has 202 valence electrons. The quantitative estimate of drug-likeness (QED) is 0.468. The second-order valence-electron chi connectivity index (χ2n) is 11.0. The number of aliphatic hydroxyl groups excluding tert-OH is 1. The summed E-state index contributed by atoms with van der Waals surface area (Å²) in [4.78, 5) is 26.4. The fourth-order valence-corrected chi connectivity index (χ4v) is 5.52. The number of carbonyl (C=O) groups excluding carboxylic acids is 2. The minimum absolute atomic E-state index is 0.0672. The number of fused-ring (bicyclic) bond motifs is 1. The first-order valence-electron chi connectivity index (χ1n) is 13.9. The topological polar surface area (TPSA) is 108 Å². The van der Waals surface area contributed by atoms with Gasteiger partial charge in [0.05, 0.1) is 6.61 Å². The Morgan fingerprint density at radius 3 is 2.06 bits per heavy atom. The van der Waals surface area contributed by atoms with Gasteiger partial charge in [-0.3, -0.25) is 9.59 Å². The van der Waals surface area contributed by atoms with Crippen LogP contribution in [0.5, 0.6) is 11.5 Å². The number of aromatic hydroxyl groups is 1. The summed E-state index contributed by atoms with van der Waals surface area (Å²) < 4.78 is 6.25. The maximum absolute atomic E-state index is 13.3. The summed E-state index contributed by atoms with van der Waals surface area (Å²) in [6.45, 7) is 6.83. The standard InChI is InChI=1S/C29H46N2O5/c1-19-20(2)26-23(21(3)25(19)33)16-17-29(4,36-26)28(35)31-24(18-32)27(34)30-22-14-12-10-8-6-5-7-9-11-13-15-22/h22,24,32-33H,5-18H2,1-4H3,(H,30,34)(H,31,35)/t24-,29?/m0/s1. The molecule has 1 saturated carbocycles. The van der Waals surface area contributed by atoms with Gasteiger partial charge in [0, 0.05) is 18.0 Å². The van der Waals surface area contributed by atoms with Crippen molar-refractivity contribution in [3.63, 3.8) is 0 Å². The Labute approximate surface area is 216 Å². The minimum atomic E-state index is -1.17. The molecule has 1 aromatic rings. The second kappa shape index (κ2) is 12.8. The van der Waals surface area contributed by atoms with Crippen molar-refractivity contribution >= 4 is 11.8 Å². The van der Waals surface area contributed by atoms with E-state index in [2.05, 4.69) is 10.6 Å². The molecule has 2 aliphatic rings. The van der Waals surface area contributed by atoms with Gasteiger partial charge in [-0.2, -0.15) is 0 Å². The van der Waals surface area contributed by atoms with Crippen LogP contribution in [0.2, 0.25) is 0 Å². The molecule has 1 fully saturated rings. The van der Waals surface area contributed by atoms with Crippen LogP contribution in [0.25, 0.3) is 0 Å². The van der Waals surface area contributed by atoms with Crippen molar-refractivity contribution in [1.29, 1.82) is 0 Å². The highest BCUT2D eigenvalue weighted by molar-refractivity contribution is 5.92. The third kappa shape index (κ3) is 6.72. The van der Waals surface area contributed by atoms with Crippen LogP contribution in [0, 0.1) is 20.8 Å². The third-order valence-corrected chi connectivity index (χ3v) is 8.26. The summed E-state index contributed by atoms with van der Waals surface area (Å²) in [6.07, 6.45) is 13.8. The molecule has 0 saturated heterocycles. The molecule has 1 unspecified atom stereocenters. The predicted molar refractivity (Wildman–Crippen MR) is 141 cm³/mol. The lowest BCUT2D eigenvalue weighted by Crippen LogP contribution is -2.58. The number of nitrogens with one attached hydrogen (secondary N) is 2. The van der Waals surface area contributed by atoms with Crippen molar-refractivity contribution in [2.75, 3.05) is 6.61 Å². The number of amides is 2. The van der Waals surface area contributed by atoms with Gasteiger partial charge in [0.25, 0.3) is 5.91 Å². The van der Waals surface area contributed by atoms with Crippen LogP contribution in [0.1, 0.15) is 106 Å². The van der Waals surface area contributed by atoms with Crippen molar-refractivity contribution < 1.29 is 24.5 Å². The molecular weight excluding hydrogens is 456 g/mol. The molecule has 7 nitrogen and oxygen atoms in total. The molecule has 0 aromatic heterocycles. The number of aliphatic hydroxyl groups is 1. The smallest absolute Gasteiger partial charge is 0.264 e. The van der Waals surface area contributed by atoms with E-state index in [0.29, 0.717) is 18.6 Å². The fraction of sp³-hybridized carbons (Fsp3) is 0.724. The molecule has 4 N–H and O–H groups in total. The first kappa shape index (κ1) is 28.3. The highest BCUT2D eigenvalue weighted by atomic mass is 16.5. The molecule has 0 bridgehead atoms. The Balaban J connectivity index is 1.64. The second-order valence-corrected chi connectivity index (χ2v) is 11.0. The molecule has 1 aromatic carbocycles. The third-order valence-electron chi connectivity index (χ3n) is 8.26. The lowest BCUT2D eigenvalue weighted by molar-refractivity contribution is -0.141. The highest BCUT2D eigenvalue weighted by Gasteiger charge is 2.42. The molecule has 2 amide bonds. The molecule has 2 atom stereocenters. The van der Waals surface area contributed by atoms with E-state index in [4.69, 9.17) is 4.74 Å². The summed E-state index contributed by atoms with van der Waals surface area (Å²) in [7, 11) is 0. The van der Waals surface area contributed by atoms with Gasteiger partial charge in [0.15, 0.2) is 5.60 Å². The van der Waals surface area contributed by atoms with E-state index in [0.717, 1.165) is 47.9 Å². The maximum atomic E-state index is 13.3. The Kier molecular flexibility index (Phi) is 10.1. The van der Waals surface area contributed by atoms with Crippen molar-refractivity contribution in [3.8, 4) is 11.5 Å². The zero-order valence-corrected chi connectivity index (χ0v) is 22.7. The molecular formula is C29H46N2O5. The largest absolute Gasteiger partial charge is 0.507 e. The highest BCUT2D eigenvalue weighted by Crippen LogP contribution is 2.43. The summed E-state index contributed by atoms with van der Waals surface area (Å²) in [5.41, 5.74) is 2.07. The average molecular weight is 503 g/mol. The van der Waals surface area contributed by atoms with Crippen LogP contribution in [0.15, 0.2) is 0 Å². The zero-order valence-electron chi connectivity index (χ0n) is 22.7.